The molecule has 142 valence electrons. The maximum Gasteiger partial charge on any atom is 0.277 e. The van der Waals surface area contributed by atoms with Crippen molar-refractivity contribution in [2.45, 2.75) is 0 Å². The van der Waals surface area contributed by atoms with Gasteiger partial charge in [-0.25, -0.2) is 5.43 Å². The minimum Gasteiger partial charge on any atom is -0.484 e. The van der Waals surface area contributed by atoms with Crippen molar-refractivity contribution in [2.75, 3.05) is 6.61 Å². The summed E-state index contributed by atoms with van der Waals surface area (Å²) in [6, 6.07) is 31.9. The van der Waals surface area contributed by atoms with Gasteiger partial charge in [-0.3, -0.25) is 4.79 Å². The summed E-state index contributed by atoms with van der Waals surface area (Å²) in [4.78, 5) is 12.0. The minimum atomic E-state index is -0.311. The molecule has 0 aliphatic rings. The lowest BCUT2D eigenvalue weighted by Gasteiger charge is -2.06. The van der Waals surface area contributed by atoms with Gasteiger partial charge in [-0.2, -0.15) is 5.10 Å². The predicted molar refractivity (Wildman–Crippen MR) is 117 cm³/mol. The minimum absolute atomic E-state index is 0.0975. The zero-order valence-electron chi connectivity index (χ0n) is 15.8. The molecular weight excluding hydrogens is 360 g/mol. The molecule has 4 rings (SSSR count). The Morgan fingerprint density at radius 3 is 2.28 bits per heavy atom. The lowest BCUT2D eigenvalue weighted by molar-refractivity contribution is -0.123. The molecule has 1 amide bonds. The zero-order valence-corrected chi connectivity index (χ0v) is 15.8. The summed E-state index contributed by atoms with van der Waals surface area (Å²) < 4.78 is 5.53. The Hall–Kier alpha value is -3.92. The van der Waals surface area contributed by atoms with Gasteiger partial charge in [0.05, 0.1) is 6.21 Å². The van der Waals surface area contributed by atoms with Gasteiger partial charge in [0.15, 0.2) is 6.61 Å². The van der Waals surface area contributed by atoms with Crippen LogP contribution in [-0.4, -0.2) is 18.7 Å². The number of ether oxygens (including phenoxy) is 1. The first-order valence-electron chi connectivity index (χ1n) is 9.37. The molecule has 0 unspecified atom stereocenters. The number of carbonyl (C=O) groups is 1. The molecule has 0 aromatic heterocycles. The van der Waals surface area contributed by atoms with Gasteiger partial charge in [0.1, 0.15) is 5.75 Å². The van der Waals surface area contributed by atoms with E-state index in [1.807, 2.05) is 78.9 Å². The molecule has 1 N–H and O–H groups in total. The molecule has 4 aromatic carbocycles. The second kappa shape index (κ2) is 8.85. The van der Waals surface area contributed by atoms with Crippen LogP contribution in [0.3, 0.4) is 0 Å². The van der Waals surface area contributed by atoms with Gasteiger partial charge >= 0.3 is 0 Å². The molecule has 0 spiro atoms. The topological polar surface area (TPSA) is 50.7 Å². The van der Waals surface area contributed by atoms with Gasteiger partial charge in [0.25, 0.3) is 5.91 Å². The molecular formula is C25H20N2O2. The molecule has 0 saturated heterocycles. The van der Waals surface area contributed by atoms with Crippen molar-refractivity contribution in [3.63, 3.8) is 0 Å². The van der Waals surface area contributed by atoms with E-state index in [1.54, 1.807) is 6.21 Å². The number of nitrogens with zero attached hydrogens (tertiary/aromatic N) is 1. The first-order valence-corrected chi connectivity index (χ1v) is 9.37. The Labute approximate surface area is 169 Å². The van der Waals surface area contributed by atoms with Crippen LogP contribution in [0.4, 0.5) is 0 Å². The van der Waals surface area contributed by atoms with Crippen molar-refractivity contribution in [3.8, 4) is 16.9 Å². The molecule has 0 aliphatic carbocycles. The molecule has 0 fully saturated rings. The van der Waals surface area contributed by atoms with E-state index in [0.717, 1.165) is 22.1 Å². The monoisotopic (exact) mass is 380 g/mol. The van der Waals surface area contributed by atoms with Crippen LogP contribution >= 0.6 is 0 Å². The van der Waals surface area contributed by atoms with E-state index < -0.39 is 0 Å². The van der Waals surface area contributed by atoms with Gasteiger partial charge in [0.2, 0.25) is 0 Å². The lowest BCUT2D eigenvalue weighted by atomic mass is 10.1. The summed E-state index contributed by atoms with van der Waals surface area (Å²) in [6.45, 7) is -0.0975. The standard InChI is InChI=1S/C25H20N2O2/c28-25(27-26-17-19-10-11-21-8-4-5-9-23(21)16-19)18-29-24-14-12-22(13-15-24)20-6-2-1-3-7-20/h1-17H,18H2,(H,27,28)/b26-17-. The average molecular weight is 380 g/mol. The fourth-order valence-corrected chi connectivity index (χ4v) is 3.02. The number of rotatable bonds is 6. The van der Waals surface area contributed by atoms with Gasteiger partial charge in [-0.15, -0.1) is 0 Å². The molecule has 0 atom stereocenters. The fourth-order valence-electron chi connectivity index (χ4n) is 3.02. The highest BCUT2D eigenvalue weighted by molar-refractivity contribution is 5.90. The van der Waals surface area contributed by atoms with Crippen molar-refractivity contribution >= 4 is 22.9 Å². The average Bonchev–Trinajstić information content (AvgIpc) is 2.78. The normalized spacial score (nSPS) is 10.9. The third-order valence-electron chi connectivity index (χ3n) is 4.51. The maximum absolute atomic E-state index is 12.0. The number of hydrogen-bond acceptors (Lipinski definition) is 3. The number of hydrazone groups is 1. The number of fused-ring (bicyclic) bond motifs is 1. The van der Waals surface area contributed by atoms with E-state index in [1.165, 1.54) is 5.39 Å². The smallest absolute Gasteiger partial charge is 0.277 e. The van der Waals surface area contributed by atoms with E-state index in [-0.39, 0.29) is 12.5 Å². The first kappa shape index (κ1) is 18.4. The second-order valence-corrected chi connectivity index (χ2v) is 6.58. The van der Waals surface area contributed by atoms with Crippen molar-refractivity contribution in [1.29, 1.82) is 0 Å². The van der Waals surface area contributed by atoms with Crippen molar-refractivity contribution in [2.24, 2.45) is 5.10 Å². The van der Waals surface area contributed by atoms with E-state index in [2.05, 4.69) is 28.7 Å². The number of carbonyl (C=O) groups excluding carboxylic acids is 1. The van der Waals surface area contributed by atoms with Gasteiger partial charge in [-0.05, 0) is 45.7 Å². The molecule has 0 radical (unpaired) electrons. The highest BCUT2D eigenvalue weighted by Gasteiger charge is 2.02. The van der Waals surface area contributed by atoms with E-state index >= 15 is 0 Å². The number of hydrogen-bond donors (Lipinski definition) is 1. The SMILES string of the molecule is O=C(COc1ccc(-c2ccccc2)cc1)N/N=C\c1ccc2ccccc2c1. The first-order chi connectivity index (χ1) is 14.3. The van der Waals surface area contributed by atoms with E-state index in [9.17, 15) is 4.79 Å². The van der Waals surface area contributed by atoms with Gasteiger partial charge in [0, 0.05) is 0 Å². The highest BCUT2D eigenvalue weighted by atomic mass is 16.5. The molecule has 0 saturated carbocycles. The van der Waals surface area contributed by atoms with Crippen LogP contribution in [-0.2, 0) is 4.79 Å². The molecule has 0 bridgehead atoms. The number of nitrogens with one attached hydrogen (secondary N) is 1. The zero-order chi connectivity index (χ0) is 19.9. The molecule has 4 aromatic rings. The van der Waals surface area contributed by atoms with E-state index in [4.69, 9.17) is 4.74 Å². The highest BCUT2D eigenvalue weighted by Crippen LogP contribution is 2.22. The third-order valence-corrected chi connectivity index (χ3v) is 4.51. The lowest BCUT2D eigenvalue weighted by Crippen LogP contribution is -2.24. The summed E-state index contributed by atoms with van der Waals surface area (Å²) in [5.74, 6) is 0.326. The number of benzene rings is 4. The summed E-state index contributed by atoms with van der Waals surface area (Å²) in [6.07, 6.45) is 1.62. The summed E-state index contributed by atoms with van der Waals surface area (Å²) in [7, 11) is 0. The van der Waals surface area contributed by atoms with Crippen LogP contribution in [0.2, 0.25) is 0 Å². The Morgan fingerprint density at radius 1 is 0.793 bits per heavy atom. The van der Waals surface area contributed by atoms with Crippen LogP contribution in [0.5, 0.6) is 5.75 Å². The maximum atomic E-state index is 12.0. The van der Waals surface area contributed by atoms with Crippen molar-refractivity contribution < 1.29 is 9.53 Å². The summed E-state index contributed by atoms with van der Waals surface area (Å²) in [5.41, 5.74) is 5.65. The third kappa shape index (κ3) is 4.87. The Bertz CT molecular complexity index is 1140. The van der Waals surface area contributed by atoms with E-state index in [0.29, 0.717) is 5.75 Å². The van der Waals surface area contributed by atoms with Crippen molar-refractivity contribution in [3.05, 3.63) is 103 Å². The number of amides is 1. The van der Waals surface area contributed by atoms with Crippen LogP contribution < -0.4 is 10.2 Å². The van der Waals surface area contributed by atoms with Crippen LogP contribution in [0, 0.1) is 0 Å². The summed E-state index contributed by atoms with van der Waals surface area (Å²) in [5, 5.41) is 6.31. The largest absolute Gasteiger partial charge is 0.484 e. The van der Waals surface area contributed by atoms with Crippen molar-refractivity contribution in [1.82, 2.24) is 5.43 Å². The second-order valence-electron chi connectivity index (χ2n) is 6.58. The molecule has 4 nitrogen and oxygen atoms in total. The Kier molecular flexibility index (Phi) is 5.63. The van der Waals surface area contributed by atoms with Crippen LogP contribution in [0.25, 0.3) is 21.9 Å². The Balaban J connectivity index is 1.29. The fraction of sp³-hybridized carbons (Fsp3) is 0.0400. The Morgan fingerprint density at radius 2 is 1.48 bits per heavy atom. The molecule has 29 heavy (non-hydrogen) atoms. The van der Waals surface area contributed by atoms with Crippen LogP contribution in [0.15, 0.2) is 102 Å². The molecule has 0 heterocycles. The van der Waals surface area contributed by atoms with Crippen LogP contribution in [0.1, 0.15) is 5.56 Å². The summed E-state index contributed by atoms with van der Waals surface area (Å²) >= 11 is 0. The predicted octanol–water partition coefficient (Wildman–Crippen LogP) is 5.04. The molecule has 4 heteroatoms. The van der Waals surface area contributed by atoms with Gasteiger partial charge in [-0.1, -0.05) is 78.9 Å². The van der Waals surface area contributed by atoms with Gasteiger partial charge < -0.3 is 4.74 Å². The molecule has 0 aliphatic heterocycles. The quantitative estimate of drug-likeness (QED) is 0.376.